The minimum Gasteiger partial charge on any atom is -0.344 e. The van der Waals surface area contributed by atoms with Gasteiger partial charge in [-0.15, -0.1) is 0 Å². The van der Waals surface area contributed by atoms with Crippen molar-refractivity contribution in [2.24, 2.45) is 0 Å². The SMILES string of the molecule is CCc1ccc(C(C)(C)C)cc1C1(C)OCCO1. The third-order valence-electron chi connectivity index (χ3n) is 3.68. The molecule has 1 aliphatic rings. The van der Waals surface area contributed by atoms with E-state index in [9.17, 15) is 0 Å². The fourth-order valence-corrected chi connectivity index (χ4v) is 2.44. The Morgan fingerprint density at radius 2 is 1.78 bits per heavy atom. The Labute approximate surface area is 110 Å². The molecule has 0 spiro atoms. The van der Waals surface area contributed by atoms with E-state index < -0.39 is 5.79 Å². The van der Waals surface area contributed by atoms with Crippen LogP contribution in [0.1, 0.15) is 51.3 Å². The molecule has 2 rings (SSSR count). The maximum atomic E-state index is 5.81. The molecule has 1 aromatic rings. The van der Waals surface area contributed by atoms with E-state index in [1.165, 1.54) is 16.7 Å². The number of aryl methyl sites for hydroxylation is 1. The molecule has 1 aliphatic heterocycles. The molecule has 0 bridgehead atoms. The van der Waals surface area contributed by atoms with Crippen LogP contribution in [0.2, 0.25) is 0 Å². The summed E-state index contributed by atoms with van der Waals surface area (Å²) in [6.07, 6.45) is 1.00. The molecule has 0 aliphatic carbocycles. The second kappa shape index (κ2) is 4.67. The molecule has 2 nitrogen and oxygen atoms in total. The maximum Gasteiger partial charge on any atom is 0.192 e. The van der Waals surface area contributed by atoms with Crippen LogP contribution >= 0.6 is 0 Å². The van der Waals surface area contributed by atoms with Gasteiger partial charge in [0, 0.05) is 5.56 Å². The van der Waals surface area contributed by atoms with E-state index in [1.807, 2.05) is 6.92 Å². The molecule has 0 amide bonds. The largest absolute Gasteiger partial charge is 0.344 e. The first-order valence-electron chi connectivity index (χ1n) is 6.78. The van der Waals surface area contributed by atoms with Gasteiger partial charge in [-0.2, -0.15) is 0 Å². The van der Waals surface area contributed by atoms with Gasteiger partial charge in [0.1, 0.15) is 0 Å². The van der Waals surface area contributed by atoms with Crippen LogP contribution in [-0.4, -0.2) is 13.2 Å². The first-order valence-corrected chi connectivity index (χ1v) is 6.78. The molecular weight excluding hydrogens is 224 g/mol. The zero-order valence-corrected chi connectivity index (χ0v) is 12.2. The molecule has 18 heavy (non-hydrogen) atoms. The Hall–Kier alpha value is -0.860. The van der Waals surface area contributed by atoms with Crippen molar-refractivity contribution < 1.29 is 9.47 Å². The van der Waals surface area contributed by atoms with Gasteiger partial charge in [0.05, 0.1) is 13.2 Å². The zero-order valence-electron chi connectivity index (χ0n) is 12.2. The van der Waals surface area contributed by atoms with Crippen molar-refractivity contribution in [3.63, 3.8) is 0 Å². The lowest BCUT2D eigenvalue weighted by molar-refractivity contribution is -0.150. The Kier molecular flexibility index (Phi) is 3.52. The van der Waals surface area contributed by atoms with E-state index >= 15 is 0 Å². The van der Waals surface area contributed by atoms with Crippen LogP contribution in [-0.2, 0) is 27.1 Å². The van der Waals surface area contributed by atoms with Gasteiger partial charge in [-0.3, -0.25) is 0 Å². The molecule has 0 aromatic heterocycles. The highest BCUT2D eigenvalue weighted by Crippen LogP contribution is 2.36. The van der Waals surface area contributed by atoms with Crippen molar-refractivity contribution >= 4 is 0 Å². The predicted molar refractivity (Wildman–Crippen MR) is 73.8 cm³/mol. The summed E-state index contributed by atoms with van der Waals surface area (Å²) < 4.78 is 11.6. The van der Waals surface area contributed by atoms with E-state index in [4.69, 9.17) is 9.47 Å². The van der Waals surface area contributed by atoms with Crippen molar-refractivity contribution in [2.75, 3.05) is 13.2 Å². The van der Waals surface area contributed by atoms with Crippen molar-refractivity contribution in [2.45, 2.75) is 52.2 Å². The van der Waals surface area contributed by atoms with E-state index in [-0.39, 0.29) is 5.41 Å². The normalized spacial score (nSPS) is 19.2. The van der Waals surface area contributed by atoms with Gasteiger partial charge in [0.2, 0.25) is 0 Å². The molecule has 100 valence electrons. The topological polar surface area (TPSA) is 18.5 Å². The summed E-state index contributed by atoms with van der Waals surface area (Å²) in [6.45, 7) is 12.3. The minimum atomic E-state index is -0.563. The summed E-state index contributed by atoms with van der Waals surface area (Å²) in [5.74, 6) is -0.563. The highest BCUT2D eigenvalue weighted by atomic mass is 16.7. The summed E-state index contributed by atoms with van der Waals surface area (Å²) in [6, 6.07) is 6.69. The monoisotopic (exact) mass is 248 g/mol. The third-order valence-corrected chi connectivity index (χ3v) is 3.68. The molecule has 0 saturated carbocycles. The van der Waals surface area contributed by atoms with Crippen LogP contribution < -0.4 is 0 Å². The third kappa shape index (κ3) is 2.45. The van der Waals surface area contributed by atoms with Crippen molar-refractivity contribution in [1.29, 1.82) is 0 Å². The van der Waals surface area contributed by atoms with Crippen molar-refractivity contribution in [1.82, 2.24) is 0 Å². The number of ether oxygens (including phenoxy) is 2. The molecule has 1 aromatic carbocycles. The van der Waals surface area contributed by atoms with Gasteiger partial charge in [-0.25, -0.2) is 0 Å². The number of hydrogen-bond donors (Lipinski definition) is 0. The van der Waals surface area contributed by atoms with E-state index in [1.54, 1.807) is 0 Å². The van der Waals surface area contributed by atoms with Crippen LogP contribution in [0.3, 0.4) is 0 Å². The summed E-state index contributed by atoms with van der Waals surface area (Å²) >= 11 is 0. The van der Waals surface area contributed by atoms with Gasteiger partial charge < -0.3 is 9.47 Å². The predicted octanol–water partition coefficient (Wildman–Crippen LogP) is 3.77. The standard InChI is InChI=1S/C16H24O2/c1-6-12-7-8-13(15(2,3)4)11-14(12)16(5)17-9-10-18-16/h7-8,11H,6,9-10H2,1-5H3. The Bertz CT molecular complexity index is 423. The first-order chi connectivity index (χ1) is 8.37. The van der Waals surface area contributed by atoms with E-state index in [0.29, 0.717) is 13.2 Å². The Balaban J connectivity index is 2.49. The summed E-state index contributed by atoms with van der Waals surface area (Å²) in [5, 5.41) is 0. The average molecular weight is 248 g/mol. The highest BCUT2D eigenvalue weighted by molar-refractivity contribution is 5.38. The van der Waals surface area contributed by atoms with Crippen molar-refractivity contribution in [3.8, 4) is 0 Å². The lowest BCUT2D eigenvalue weighted by Crippen LogP contribution is -2.25. The van der Waals surface area contributed by atoms with E-state index in [0.717, 1.165) is 6.42 Å². The fraction of sp³-hybridized carbons (Fsp3) is 0.625. The molecule has 2 heteroatoms. The molecule has 0 unspecified atom stereocenters. The molecule has 1 saturated heterocycles. The number of benzene rings is 1. The lowest BCUT2D eigenvalue weighted by Gasteiger charge is -2.28. The molecular formula is C16H24O2. The van der Waals surface area contributed by atoms with Gasteiger partial charge in [0.25, 0.3) is 0 Å². The smallest absolute Gasteiger partial charge is 0.192 e. The number of hydrogen-bond acceptors (Lipinski definition) is 2. The van der Waals surface area contributed by atoms with Gasteiger partial charge in [0.15, 0.2) is 5.79 Å². The fourth-order valence-electron chi connectivity index (χ4n) is 2.44. The van der Waals surface area contributed by atoms with Gasteiger partial charge in [-0.05, 0) is 36.0 Å². The van der Waals surface area contributed by atoms with Crippen LogP contribution in [0.5, 0.6) is 0 Å². The number of rotatable bonds is 2. The van der Waals surface area contributed by atoms with Crippen LogP contribution in [0.4, 0.5) is 0 Å². The van der Waals surface area contributed by atoms with Crippen LogP contribution in [0, 0.1) is 0 Å². The lowest BCUT2D eigenvalue weighted by atomic mass is 9.83. The Morgan fingerprint density at radius 1 is 1.17 bits per heavy atom. The Morgan fingerprint density at radius 3 is 2.28 bits per heavy atom. The second-order valence-corrected chi connectivity index (χ2v) is 6.12. The quantitative estimate of drug-likeness (QED) is 0.793. The van der Waals surface area contributed by atoms with Crippen LogP contribution in [0.15, 0.2) is 18.2 Å². The molecule has 1 fully saturated rings. The van der Waals surface area contributed by atoms with Gasteiger partial charge in [-0.1, -0.05) is 39.8 Å². The summed E-state index contributed by atoms with van der Waals surface area (Å²) in [4.78, 5) is 0. The van der Waals surface area contributed by atoms with Gasteiger partial charge >= 0.3 is 0 Å². The molecule has 1 heterocycles. The first kappa shape index (κ1) is 13.6. The van der Waals surface area contributed by atoms with E-state index in [2.05, 4.69) is 45.9 Å². The zero-order chi connectivity index (χ0) is 13.4. The average Bonchev–Trinajstić information content (AvgIpc) is 2.75. The highest BCUT2D eigenvalue weighted by Gasteiger charge is 2.35. The van der Waals surface area contributed by atoms with Crippen LogP contribution in [0.25, 0.3) is 0 Å². The van der Waals surface area contributed by atoms with Crippen molar-refractivity contribution in [3.05, 3.63) is 34.9 Å². The maximum absolute atomic E-state index is 5.81. The molecule has 0 radical (unpaired) electrons. The summed E-state index contributed by atoms with van der Waals surface area (Å²) in [7, 11) is 0. The second-order valence-electron chi connectivity index (χ2n) is 6.12. The molecule has 0 atom stereocenters. The molecule has 0 N–H and O–H groups in total. The summed E-state index contributed by atoms with van der Waals surface area (Å²) in [5.41, 5.74) is 3.98. The minimum absolute atomic E-state index is 0.149.